The Hall–Kier alpha value is -3.21. The van der Waals surface area contributed by atoms with Gasteiger partial charge in [-0.15, -0.1) is 0 Å². The van der Waals surface area contributed by atoms with E-state index in [0.29, 0.717) is 0 Å². The van der Waals surface area contributed by atoms with E-state index >= 15 is 0 Å². The van der Waals surface area contributed by atoms with Crippen LogP contribution in [0.25, 0.3) is 0 Å². The van der Waals surface area contributed by atoms with Gasteiger partial charge >= 0.3 is 0 Å². The third-order valence-corrected chi connectivity index (χ3v) is 7.10. The SMILES string of the molecule is N=C1NCC(C(O)[C@H](N)C(=O)N[C@@H](C(=O)N[C@H]([C]=O)CO)C(O)C2CNC(=N)N2[C@H]2O[C@H](CO)[C@@H](O)[C@H](O)[C@@H]2O)N1. The Morgan fingerprint density at radius 1 is 1.05 bits per heavy atom. The lowest BCUT2D eigenvalue weighted by Gasteiger charge is -2.46. The molecule has 0 aromatic rings. The van der Waals surface area contributed by atoms with Crippen molar-refractivity contribution in [2.75, 3.05) is 26.3 Å². The van der Waals surface area contributed by atoms with Gasteiger partial charge in [0.05, 0.1) is 31.4 Å². The van der Waals surface area contributed by atoms with Gasteiger partial charge in [0.15, 0.2) is 18.1 Å². The molecule has 20 heteroatoms. The molecule has 1 radical (unpaired) electrons. The topological polar surface area (TPSA) is 339 Å². The maximum atomic E-state index is 13.1. The molecule has 0 aliphatic carbocycles. The maximum absolute atomic E-state index is 13.1. The van der Waals surface area contributed by atoms with E-state index in [1.165, 1.54) is 6.29 Å². The Morgan fingerprint density at radius 2 is 1.73 bits per heavy atom. The van der Waals surface area contributed by atoms with E-state index in [2.05, 4.69) is 26.6 Å². The van der Waals surface area contributed by atoms with Crippen molar-refractivity contribution in [1.29, 1.82) is 10.8 Å². The molecule has 0 aromatic carbocycles. The molecule has 231 valence electrons. The molecule has 0 spiro atoms. The summed E-state index contributed by atoms with van der Waals surface area (Å²) < 4.78 is 5.49. The van der Waals surface area contributed by atoms with E-state index in [-0.39, 0.29) is 19.0 Å². The number of nitrogens with one attached hydrogen (secondary N) is 7. The van der Waals surface area contributed by atoms with Gasteiger partial charge in [0, 0.05) is 13.1 Å². The van der Waals surface area contributed by atoms with Gasteiger partial charge in [-0.05, 0) is 0 Å². The van der Waals surface area contributed by atoms with Gasteiger partial charge in [-0.1, -0.05) is 0 Å². The summed E-state index contributed by atoms with van der Waals surface area (Å²) in [7, 11) is 0. The summed E-state index contributed by atoms with van der Waals surface area (Å²) in [5.74, 6) is -2.88. The molecule has 0 bridgehead atoms. The van der Waals surface area contributed by atoms with Gasteiger partial charge < -0.3 is 77.7 Å². The van der Waals surface area contributed by atoms with Crippen LogP contribution in [0.2, 0.25) is 0 Å². The fourth-order valence-corrected chi connectivity index (χ4v) is 4.73. The Labute approximate surface area is 232 Å². The summed E-state index contributed by atoms with van der Waals surface area (Å²) in [6.07, 6.45) is -10.6. The second kappa shape index (κ2) is 13.6. The van der Waals surface area contributed by atoms with Crippen molar-refractivity contribution >= 4 is 30.0 Å². The van der Waals surface area contributed by atoms with Crippen molar-refractivity contribution < 1.29 is 54.9 Å². The molecule has 0 saturated carbocycles. The zero-order chi connectivity index (χ0) is 30.6. The predicted octanol–water partition coefficient (Wildman–Crippen LogP) is -9.39. The smallest absolute Gasteiger partial charge is 0.246 e. The lowest BCUT2D eigenvalue weighted by atomic mass is 9.95. The third kappa shape index (κ3) is 6.82. The molecule has 3 heterocycles. The molecule has 3 aliphatic rings. The van der Waals surface area contributed by atoms with Crippen LogP contribution in [0.1, 0.15) is 0 Å². The van der Waals surface area contributed by atoms with E-state index in [9.17, 15) is 50.1 Å². The minimum Gasteiger partial charge on any atom is -0.394 e. The zero-order valence-electron chi connectivity index (χ0n) is 21.5. The minimum atomic E-state index is -1.96. The number of amides is 2. The molecule has 20 nitrogen and oxygen atoms in total. The summed E-state index contributed by atoms with van der Waals surface area (Å²) in [6, 6.07) is -7.37. The molecule has 2 amide bonds. The number of rotatable bonds is 12. The Kier molecular flexibility index (Phi) is 10.7. The number of nitrogens with zero attached hydrogens (tertiary/aromatic N) is 1. The third-order valence-electron chi connectivity index (χ3n) is 7.10. The zero-order valence-corrected chi connectivity index (χ0v) is 21.5. The van der Waals surface area contributed by atoms with Crippen LogP contribution in [-0.4, -0.2) is 170 Å². The fourth-order valence-electron chi connectivity index (χ4n) is 4.73. The van der Waals surface area contributed by atoms with Crippen LogP contribution >= 0.6 is 0 Å². The molecular weight excluding hydrogens is 554 g/mol. The first kappa shape index (κ1) is 32.3. The highest BCUT2D eigenvalue weighted by atomic mass is 16.6. The number of carbonyl (C=O) groups excluding carboxylic acids is 3. The van der Waals surface area contributed by atoms with Crippen LogP contribution < -0.4 is 32.3 Å². The first-order valence-electron chi connectivity index (χ1n) is 12.6. The normalized spacial score (nSPS) is 33.5. The van der Waals surface area contributed by atoms with Gasteiger partial charge in [-0.3, -0.25) is 25.2 Å². The number of hydrogen-bond donors (Lipinski definition) is 15. The molecule has 41 heavy (non-hydrogen) atoms. The second-order valence-electron chi connectivity index (χ2n) is 9.79. The van der Waals surface area contributed by atoms with E-state index < -0.39 is 104 Å². The summed E-state index contributed by atoms with van der Waals surface area (Å²) in [4.78, 5) is 38.1. The number of hydrogen-bond acceptors (Lipinski definition) is 14. The number of aliphatic hydroxyl groups is 7. The highest BCUT2D eigenvalue weighted by Gasteiger charge is 2.52. The molecular formula is C21H36N9O11. The van der Waals surface area contributed by atoms with Crippen molar-refractivity contribution in [1.82, 2.24) is 31.5 Å². The molecule has 3 rings (SSSR count). The molecule has 4 unspecified atom stereocenters. The summed E-state index contributed by atoms with van der Waals surface area (Å²) in [5, 5.41) is 99.3. The lowest BCUT2D eigenvalue weighted by molar-refractivity contribution is -0.260. The Bertz CT molecular complexity index is 991. The number of ether oxygens (including phenoxy) is 1. The van der Waals surface area contributed by atoms with Gasteiger partial charge in [0.1, 0.15) is 48.6 Å². The standard InChI is InChI=1S/C21H36N9O11/c22-10(12(34)7-1-25-20(23)28-7)17(39)29-11(18(40)27-6(3-31)4-32)13(35)8-2-26-21(24)30(8)19-16(38)15(37)14(36)9(5-33)41-19/h6-16,19,31,33-38H,1-3,5,22H2,(H2,24,26)(H,27,40)(H,29,39)(H3,23,25,28)/t6-,7?,8?,9+,10-,11+,12?,13?,14+,15-,16-,19-/m0/s1. The monoisotopic (exact) mass is 590 g/mol. The number of nitrogens with two attached hydrogens (primary N) is 1. The molecule has 3 fully saturated rings. The van der Waals surface area contributed by atoms with E-state index in [1.54, 1.807) is 0 Å². The first-order chi connectivity index (χ1) is 19.4. The van der Waals surface area contributed by atoms with E-state index in [1.807, 2.05) is 0 Å². The van der Waals surface area contributed by atoms with Crippen LogP contribution in [0, 0.1) is 10.8 Å². The number of carbonyl (C=O) groups is 2. The first-order valence-corrected chi connectivity index (χ1v) is 12.6. The predicted molar refractivity (Wildman–Crippen MR) is 134 cm³/mol. The van der Waals surface area contributed by atoms with Crippen molar-refractivity contribution in [3.8, 4) is 0 Å². The van der Waals surface area contributed by atoms with Crippen LogP contribution in [-0.2, 0) is 19.1 Å². The minimum absolute atomic E-state index is 0.0603. The second-order valence-corrected chi connectivity index (χ2v) is 9.79. The van der Waals surface area contributed by atoms with Crippen molar-refractivity contribution in [2.24, 2.45) is 5.73 Å². The Morgan fingerprint density at radius 3 is 2.29 bits per heavy atom. The number of guanidine groups is 2. The van der Waals surface area contributed by atoms with E-state index in [0.717, 1.165) is 4.90 Å². The van der Waals surface area contributed by atoms with E-state index in [4.69, 9.17) is 21.3 Å². The lowest BCUT2D eigenvalue weighted by Crippen LogP contribution is -2.68. The van der Waals surface area contributed by atoms with Gasteiger partial charge in [-0.25, -0.2) is 0 Å². The molecule has 3 aliphatic heterocycles. The highest BCUT2D eigenvalue weighted by molar-refractivity contribution is 5.92. The summed E-state index contributed by atoms with van der Waals surface area (Å²) in [5.41, 5.74) is 5.88. The molecule has 0 aromatic heterocycles. The molecule has 3 saturated heterocycles. The van der Waals surface area contributed by atoms with Crippen LogP contribution in [0.15, 0.2) is 0 Å². The molecule has 16 N–H and O–H groups in total. The van der Waals surface area contributed by atoms with Crippen LogP contribution in [0.4, 0.5) is 0 Å². The van der Waals surface area contributed by atoms with Gasteiger partial charge in [0.2, 0.25) is 18.1 Å². The number of aliphatic hydroxyl groups excluding tert-OH is 7. The fraction of sp³-hybridized carbons (Fsp3) is 0.762. The van der Waals surface area contributed by atoms with Crippen molar-refractivity contribution in [3.63, 3.8) is 0 Å². The quantitative estimate of drug-likeness (QED) is 0.100. The van der Waals surface area contributed by atoms with Crippen molar-refractivity contribution in [3.05, 3.63) is 0 Å². The average molecular weight is 591 g/mol. The Balaban J connectivity index is 1.86. The summed E-state index contributed by atoms with van der Waals surface area (Å²) in [6.45, 7) is -1.86. The van der Waals surface area contributed by atoms with Gasteiger partial charge in [0.25, 0.3) is 0 Å². The molecule has 12 atom stereocenters. The van der Waals surface area contributed by atoms with Crippen LogP contribution in [0.3, 0.4) is 0 Å². The van der Waals surface area contributed by atoms with Gasteiger partial charge in [-0.2, -0.15) is 0 Å². The maximum Gasteiger partial charge on any atom is 0.246 e. The average Bonchev–Trinajstić information content (AvgIpc) is 3.57. The summed E-state index contributed by atoms with van der Waals surface area (Å²) >= 11 is 0. The highest BCUT2D eigenvalue weighted by Crippen LogP contribution is 2.28. The largest absolute Gasteiger partial charge is 0.394 e. The van der Waals surface area contributed by atoms with Crippen molar-refractivity contribution in [2.45, 2.75) is 73.1 Å². The van der Waals surface area contributed by atoms with Crippen LogP contribution in [0.5, 0.6) is 0 Å².